The third-order valence-corrected chi connectivity index (χ3v) is 2.47. The van der Waals surface area contributed by atoms with Gasteiger partial charge in [-0.15, -0.1) is 0 Å². The van der Waals surface area contributed by atoms with Crippen molar-refractivity contribution in [2.24, 2.45) is 0 Å². The van der Waals surface area contributed by atoms with Crippen LogP contribution in [0.2, 0.25) is 0 Å². The van der Waals surface area contributed by atoms with Crippen LogP contribution in [0, 0.1) is 0 Å². The molecule has 0 saturated heterocycles. The zero-order chi connectivity index (χ0) is 16.3. The molecule has 116 valence electrons. The van der Waals surface area contributed by atoms with Crippen molar-refractivity contribution in [1.82, 2.24) is 9.55 Å². The number of rotatable bonds is 7. The highest BCUT2D eigenvalue weighted by Crippen LogP contribution is 2.11. The SMILES string of the molecule is C=C/C(F)=C\C(=C/CC)Cn1cncc1CC(=O)O.CC. The standard InChI is InChI=1S/C14H17FN2O2.C2H6/c1-3-5-11(6-12(15)4-2)9-17-10-16-8-13(17)7-14(18)19;1-2/h4-6,8,10H,2-3,7,9H2,1H3,(H,18,19);1-2H3/b11-5+,12-6+;. The van der Waals surface area contributed by atoms with Crippen LogP contribution in [-0.2, 0) is 17.8 Å². The summed E-state index contributed by atoms with van der Waals surface area (Å²) in [4.78, 5) is 14.6. The highest BCUT2D eigenvalue weighted by molar-refractivity contribution is 5.69. The van der Waals surface area contributed by atoms with Crippen LogP contribution in [0.4, 0.5) is 4.39 Å². The normalized spacial score (nSPS) is 11.6. The predicted octanol–water partition coefficient (Wildman–Crippen LogP) is 3.91. The summed E-state index contributed by atoms with van der Waals surface area (Å²) in [5.74, 6) is -1.34. The number of hydrogen-bond acceptors (Lipinski definition) is 2. The van der Waals surface area contributed by atoms with E-state index >= 15 is 0 Å². The summed E-state index contributed by atoms with van der Waals surface area (Å²) >= 11 is 0. The van der Waals surface area contributed by atoms with Crippen LogP contribution in [0.5, 0.6) is 0 Å². The summed E-state index contributed by atoms with van der Waals surface area (Å²) in [6.45, 7) is 9.70. The fraction of sp³-hybridized carbons (Fsp3) is 0.375. The molecule has 0 bridgehead atoms. The number of aromatic nitrogens is 2. The molecule has 0 amide bonds. The Morgan fingerprint density at radius 2 is 2.19 bits per heavy atom. The summed E-state index contributed by atoms with van der Waals surface area (Å²) in [6.07, 6.45) is 8.11. The molecular weight excluding hydrogens is 271 g/mol. The number of nitrogens with zero attached hydrogens (tertiary/aromatic N) is 2. The van der Waals surface area contributed by atoms with Gasteiger partial charge in [-0.2, -0.15) is 0 Å². The monoisotopic (exact) mass is 294 g/mol. The Morgan fingerprint density at radius 3 is 2.71 bits per heavy atom. The zero-order valence-electron chi connectivity index (χ0n) is 12.8. The zero-order valence-corrected chi connectivity index (χ0v) is 12.8. The van der Waals surface area contributed by atoms with Gasteiger partial charge in [0, 0.05) is 18.4 Å². The minimum atomic E-state index is -0.921. The molecule has 1 rings (SSSR count). The molecule has 0 spiro atoms. The van der Waals surface area contributed by atoms with E-state index in [0.717, 1.165) is 18.1 Å². The van der Waals surface area contributed by atoms with Gasteiger partial charge in [-0.3, -0.25) is 4.79 Å². The lowest BCUT2D eigenvalue weighted by Crippen LogP contribution is -2.08. The topological polar surface area (TPSA) is 55.1 Å². The first kappa shape index (κ1) is 18.8. The molecule has 0 saturated carbocycles. The first-order valence-electron chi connectivity index (χ1n) is 6.96. The second-order valence-corrected chi connectivity index (χ2v) is 4.00. The van der Waals surface area contributed by atoms with E-state index in [1.165, 1.54) is 12.3 Å². The lowest BCUT2D eigenvalue weighted by atomic mass is 10.2. The van der Waals surface area contributed by atoms with E-state index in [1.54, 1.807) is 10.9 Å². The van der Waals surface area contributed by atoms with Gasteiger partial charge in [0.05, 0.1) is 12.7 Å². The second kappa shape index (κ2) is 10.6. The van der Waals surface area contributed by atoms with Gasteiger partial charge >= 0.3 is 5.97 Å². The number of hydrogen-bond donors (Lipinski definition) is 1. The van der Waals surface area contributed by atoms with Crippen LogP contribution < -0.4 is 0 Å². The summed E-state index contributed by atoms with van der Waals surface area (Å²) in [5.41, 5.74) is 1.34. The maximum atomic E-state index is 13.2. The quantitative estimate of drug-likeness (QED) is 0.776. The van der Waals surface area contributed by atoms with E-state index in [-0.39, 0.29) is 6.42 Å². The highest BCUT2D eigenvalue weighted by Gasteiger charge is 2.07. The van der Waals surface area contributed by atoms with Crippen LogP contribution in [0.3, 0.4) is 0 Å². The Labute approximate surface area is 125 Å². The summed E-state index contributed by atoms with van der Waals surface area (Å²) in [7, 11) is 0. The van der Waals surface area contributed by atoms with Crippen molar-refractivity contribution in [3.63, 3.8) is 0 Å². The minimum absolute atomic E-state index is 0.104. The fourth-order valence-corrected chi connectivity index (χ4v) is 1.66. The molecule has 4 nitrogen and oxygen atoms in total. The highest BCUT2D eigenvalue weighted by atomic mass is 19.1. The third-order valence-electron chi connectivity index (χ3n) is 2.47. The summed E-state index contributed by atoms with van der Waals surface area (Å²) in [6, 6.07) is 0. The van der Waals surface area contributed by atoms with Crippen LogP contribution in [0.25, 0.3) is 0 Å². The predicted molar refractivity (Wildman–Crippen MR) is 82.7 cm³/mol. The van der Waals surface area contributed by atoms with Gasteiger partial charge in [-0.1, -0.05) is 33.4 Å². The Balaban J connectivity index is 0.00000191. The number of halogens is 1. The van der Waals surface area contributed by atoms with Gasteiger partial charge in [0.1, 0.15) is 5.83 Å². The van der Waals surface area contributed by atoms with E-state index in [4.69, 9.17) is 5.11 Å². The molecule has 0 unspecified atom stereocenters. The van der Waals surface area contributed by atoms with Crippen LogP contribution in [0.15, 0.2) is 48.7 Å². The van der Waals surface area contributed by atoms with Crippen LogP contribution in [0.1, 0.15) is 32.9 Å². The molecule has 0 aliphatic heterocycles. The van der Waals surface area contributed by atoms with Crippen molar-refractivity contribution >= 4 is 5.97 Å². The average molecular weight is 294 g/mol. The Hall–Kier alpha value is -2.17. The van der Waals surface area contributed by atoms with Crippen molar-refractivity contribution < 1.29 is 14.3 Å². The average Bonchev–Trinajstić information content (AvgIpc) is 2.87. The Bertz CT molecular complexity index is 516. The molecule has 0 aromatic carbocycles. The number of allylic oxidation sites excluding steroid dienone is 5. The van der Waals surface area contributed by atoms with Crippen molar-refractivity contribution in [2.75, 3.05) is 0 Å². The van der Waals surface area contributed by atoms with Gasteiger partial charge in [0.25, 0.3) is 0 Å². The van der Waals surface area contributed by atoms with Gasteiger partial charge in [0.2, 0.25) is 0 Å². The van der Waals surface area contributed by atoms with Gasteiger partial charge in [0.15, 0.2) is 0 Å². The lowest BCUT2D eigenvalue weighted by Gasteiger charge is -2.08. The maximum Gasteiger partial charge on any atom is 0.309 e. The van der Waals surface area contributed by atoms with E-state index in [9.17, 15) is 9.18 Å². The summed E-state index contributed by atoms with van der Waals surface area (Å²) in [5, 5.41) is 8.79. The van der Waals surface area contributed by atoms with E-state index in [0.29, 0.717) is 12.2 Å². The Morgan fingerprint density at radius 1 is 1.52 bits per heavy atom. The molecule has 0 atom stereocenters. The van der Waals surface area contributed by atoms with Crippen molar-refractivity contribution in [2.45, 2.75) is 40.2 Å². The smallest absolute Gasteiger partial charge is 0.309 e. The minimum Gasteiger partial charge on any atom is -0.481 e. The fourth-order valence-electron chi connectivity index (χ4n) is 1.66. The van der Waals surface area contributed by atoms with Crippen molar-refractivity contribution in [3.05, 3.63) is 54.4 Å². The number of carboxylic acid groups (broad SMARTS) is 1. The van der Waals surface area contributed by atoms with Crippen molar-refractivity contribution in [3.8, 4) is 0 Å². The van der Waals surface area contributed by atoms with Gasteiger partial charge < -0.3 is 9.67 Å². The van der Waals surface area contributed by atoms with E-state index in [2.05, 4.69) is 11.6 Å². The number of carbonyl (C=O) groups is 1. The largest absolute Gasteiger partial charge is 0.481 e. The van der Waals surface area contributed by atoms with E-state index < -0.39 is 11.8 Å². The van der Waals surface area contributed by atoms with Crippen molar-refractivity contribution in [1.29, 1.82) is 0 Å². The molecule has 1 aromatic heterocycles. The van der Waals surface area contributed by atoms with Crippen LogP contribution >= 0.6 is 0 Å². The first-order chi connectivity index (χ1) is 10.1. The molecule has 0 fully saturated rings. The first-order valence-corrected chi connectivity index (χ1v) is 6.96. The molecule has 1 N–H and O–H groups in total. The number of aliphatic carboxylic acids is 1. The molecule has 0 radical (unpaired) electrons. The number of carboxylic acids is 1. The molecule has 0 aliphatic carbocycles. The molecule has 5 heteroatoms. The molecule has 1 heterocycles. The molecule has 1 aromatic rings. The Kier molecular flexibility index (Phi) is 9.50. The molecule has 0 aliphatic rings. The molecule has 21 heavy (non-hydrogen) atoms. The van der Waals surface area contributed by atoms with E-state index in [1.807, 2.05) is 26.8 Å². The summed E-state index contributed by atoms with van der Waals surface area (Å²) < 4.78 is 14.9. The second-order valence-electron chi connectivity index (χ2n) is 4.00. The third kappa shape index (κ3) is 7.25. The number of imidazole rings is 1. The lowest BCUT2D eigenvalue weighted by molar-refractivity contribution is -0.136. The van der Waals surface area contributed by atoms with Gasteiger partial charge in [-0.05, 0) is 24.1 Å². The van der Waals surface area contributed by atoms with Crippen LogP contribution in [-0.4, -0.2) is 20.6 Å². The maximum absolute atomic E-state index is 13.2. The molecular formula is C16H23FN2O2. The van der Waals surface area contributed by atoms with Gasteiger partial charge in [-0.25, -0.2) is 9.37 Å².